The lowest BCUT2D eigenvalue weighted by molar-refractivity contribution is -0.141. The Morgan fingerprint density at radius 2 is 2.11 bits per heavy atom. The van der Waals surface area contributed by atoms with Gasteiger partial charge in [0, 0.05) is 11.1 Å². The SMILES string of the molecule is Cc1nscc1NC(=O)c1c(C(F)(F)F)n[nH]c1C. The van der Waals surface area contributed by atoms with Gasteiger partial charge in [0.15, 0.2) is 5.69 Å². The largest absolute Gasteiger partial charge is 0.435 e. The van der Waals surface area contributed by atoms with Gasteiger partial charge >= 0.3 is 6.18 Å². The van der Waals surface area contributed by atoms with Crippen LogP contribution in [0.5, 0.6) is 0 Å². The zero-order valence-electron chi connectivity index (χ0n) is 9.92. The molecule has 2 N–H and O–H groups in total. The van der Waals surface area contributed by atoms with Gasteiger partial charge in [-0.3, -0.25) is 9.89 Å². The Morgan fingerprint density at radius 1 is 1.42 bits per heavy atom. The molecule has 2 rings (SSSR count). The zero-order chi connectivity index (χ0) is 14.2. The number of H-pyrrole nitrogens is 1. The van der Waals surface area contributed by atoms with Gasteiger partial charge in [-0.2, -0.15) is 22.6 Å². The highest BCUT2D eigenvalue weighted by molar-refractivity contribution is 7.04. The molecule has 0 atom stereocenters. The molecule has 0 radical (unpaired) electrons. The number of nitrogens with one attached hydrogen (secondary N) is 2. The Labute approximate surface area is 110 Å². The number of hydrogen-bond donors (Lipinski definition) is 2. The fourth-order valence-corrected chi connectivity index (χ4v) is 2.15. The number of amides is 1. The van der Waals surface area contributed by atoms with Gasteiger partial charge in [-0.25, -0.2) is 0 Å². The Balaban J connectivity index is 2.34. The number of alkyl halides is 3. The minimum absolute atomic E-state index is 0.0608. The summed E-state index contributed by atoms with van der Waals surface area (Å²) >= 11 is 1.11. The van der Waals surface area contributed by atoms with Gasteiger partial charge in [0.1, 0.15) is 0 Å². The lowest BCUT2D eigenvalue weighted by atomic mass is 10.1. The summed E-state index contributed by atoms with van der Waals surface area (Å²) in [7, 11) is 0. The molecule has 1 amide bonds. The van der Waals surface area contributed by atoms with Crippen LogP contribution < -0.4 is 5.32 Å². The van der Waals surface area contributed by atoms with Crippen LogP contribution in [0.25, 0.3) is 0 Å². The van der Waals surface area contributed by atoms with Crippen molar-refractivity contribution in [1.82, 2.24) is 14.6 Å². The molecule has 2 heterocycles. The first-order chi connectivity index (χ1) is 8.80. The highest BCUT2D eigenvalue weighted by Gasteiger charge is 2.39. The third kappa shape index (κ3) is 2.60. The summed E-state index contributed by atoms with van der Waals surface area (Å²) in [5, 5.41) is 9.26. The van der Waals surface area contributed by atoms with E-state index >= 15 is 0 Å². The van der Waals surface area contributed by atoms with E-state index in [0.717, 1.165) is 11.5 Å². The predicted molar refractivity (Wildman–Crippen MR) is 63.1 cm³/mol. The summed E-state index contributed by atoms with van der Waals surface area (Å²) < 4.78 is 42.0. The number of aromatic amines is 1. The van der Waals surface area contributed by atoms with Crippen molar-refractivity contribution < 1.29 is 18.0 Å². The van der Waals surface area contributed by atoms with Crippen LogP contribution in [0.15, 0.2) is 5.38 Å². The summed E-state index contributed by atoms with van der Waals surface area (Å²) in [5.41, 5.74) is -0.719. The Kier molecular flexibility index (Phi) is 3.31. The number of anilines is 1. The van der Waals surface area contributed by atoms with E-state index in [9.17, 15) is 18.0 Å². The zero-order valence-corrected chi connectivity index (χ0v) is 10.7. The van der Waals surface area contributed by atoms with E-state index in [1.165, 1.54) is 6.92 Å². The lowest BCUT2D eigenvalue weighted by Crippen LogP contribution is -2.18. The maximum Gasteiger partial charge on any atom is 0.435 e. The standard InChI is InChI=1S/C10H9F3N4OS/c1-4-6(3-19-17-4)14-9(18)7-5(2)15-16-8(7)10(11,12)13/h3H,1-2H3,(H,14,18)(H,15,16). The second kappa shape index (κ2) is 4.65. The van der Waals surface area contributed by atoms with Gasteiger partial charge in [-0.15, -0.1) is 0 Å². The number of aromatic nitrogens is 3. The molecule has 0 saturated carbocycles. The number of nitrogens with zero attached hydrogens (tertiary/aromatic N) is 2. The van der Waals surface area contributed by atoms with Crippen LogP contribution in [0, 0.1) is 13.8 Å². The number of rotatable bonds is 2. The lowest BCUT2D eigenvalue weighted by Gasteiger charge is -2.07. The number of carbonyl (C=O) groups is 1. The van der Waals surface area contributed by atoms with Crippen molar-refractivity contribution in [3.05, 3.63) is 28.0 Å². The van der Waals surface area contributed by atoms with Gasteiger partial charge in [-0.1, -0.05) is 0 Å². The second-order valence-electron chi connectivity index (χ2n) is 3.84. The summed E-state index contributed by atoms with van der Waals surface area (Å²) in [4.78, 5) is 11.9. The summed E-state index contributed by atoms with van der Waals surface area (Å²) in [6.45, 7) is 3.01. The Morgan fingerprint density at radius 3 is 2.63 bits per heavy atom. The van der Waals surface area contributed by atoms with Crippen LogP contribution in [0.3, 0.4) is 0 Å². The number of hydrogen-bond acceptors (Lipinski definition) is 4. The first kappa shape index (κ1) is 13.5. The smallest absolute Gasteiger partial charge is 0.320 e. The van der Waals surface area contributed by atoms with Crippen LogP contribution in [0.4, 0.5) is 18.9 Å². The summed E-state index contributed by atoms with van der Waals surface area (Å²) in [6, 6.07) is 0. The van der Waals surface area contributed by atoms with E-state index in [2.05, 4.69) is 19.9 Å². The van der Waals surface area contributed by atoms with E-state index in [1.54, 1.807) is 12.3 Å². The fraction of sp³-hybridized carbons (Fsp3) is 0.300. The van der Waals surface area contributed by atoms with Crippen molar-refractivity contribution in [2.75, 3.05) is 5.32 Å². The molecule has 0 fully saturated rings. The van der Waals surface area contributed by atoms with E-state index in [4.69, 9.17) is 0 Å². The molecule has 0 aliphatic rings. The molecule has 2 aromatic rings. The molecule has 19 heavy (non-hydrogen) atoms. The minimum atomic E-state index is -4.68. The molecule has 9 heteroatoms. The Hall–Kier alpha value is -1.90. The molecule has 0 spiro atoms. The van der Waals surface area contributed by atoms with Crippen LogP contribution in [0.2, 0.25) is 0 Å². The molecule has 0 bridgehead atoms. The highest BCUT2D eigenvalue weighted by Crippen LogP contribution is 2.32. The third-order valence-corrected chi connectivity index (χ3v) is 3.16. The average molecular weight is 290 g/mol. The van der Waals surface area contributed by atoms with Crippen LogP contribution >= 0.6 is 11.5 Å². The molecule has 0 unspecified atom stereocenters. The summed E-state index contributed by atoms with van der Waals surface area (Å²) in [6.07, 6.45) is -4.68. The fourth-order valence-electron chi connectivity index (χ4n) is 1.51. The normalized spacial score (nSPS) is 11.6. The van der Waals surface area contributed by atoms with E-state index < -0.39 is 23.3 Å². The van der Waals surface area contributed by atoms with E-state index in [0.29, 0.717) is 11.4 Å². The molecule has 5 nitrogen and oxygen atoms in total. The molecule has 0 aliphatic heterocycles. The minimum Gasteiger partial charge on any atom is -0.320 e. The molecule has 102 valence electrons. The first-order valence-corrected chi connectivity index (χ1v) is 5.99. The van der Waals surface area contributed by atoms with Crippen molar-refractivity contribution in [3.8, 4) is 0 Å². The molecule has 2 aromatic heterocycles. The monoisotopic (exact) mass is 290 g/mol. The third-order valence-electron chi connectivity index (χ3n) is 2.44. The maximum atomic E-state index is 12.7. The van der Waals surface area contributed by atoms with Crippen LogP contribution in [-0.2, 0) is 6.18 Å². The highest BCUT2D eigenvalue weighted by atomic mass is 32.1. The predicted octanol–water partition coefficient (Wildman–Crippen LogP) is 2.75. The van der Waals surface area contributed by atoms with E-state index in [-0.39, 0.29) is 5.69 Å². The summed E-state index contributed by atoms with van der Waals surface area (Å²) in [5.74, 6) is -0.859. The van der Waals surface area contributed by atoms with Crippen molar-refractivity contribution >= 4 is 23.1 Å². The number of halogens is 3. The van der Waals surface area contributed by atoms with E-state index in [1.807, 2.05) is 0 Å². The second-order valence-corrected chi connectivity index (χ2v) is 4.47. The number of carbonyl (C=O) groups excluding carboxylic acids is 1. The quantitative estimate of drug-likeness (QED) is 0.893. The Bertz CT molecular complexity index is 617. The van der Waals surface area contributed by atoms with Crippen LogP contribution in [-0.4, -0.2) is 20.5 Å². The van der Waals surface area contributed by atoms with Crippen molar-refractivity contribution in [2.24, 2.45) is 0 Å². The molecule has 0 saturated heterocycles. The van der Waals surface area contributed by atoms with Crippen molar-refractivity contribution in [1.29, 1.82) is 0 Å². The number of aryl methyl sites for hydroxylation is 2. The molecule has 0 aliphatic carbocycles. The molecule has 0 aromatic carbocycles. The van der Waals surface area contributed by atoms with Crippen LogP contribution in [0.1, 0.15) is 27.4 Å². The van der Waals surface area contributed by atoms with Crippen molar-refractivity contribution in [3.63, 3.8) is 0 Å². The molecular formula is C10H9F3N4OS. The maximum absolute atomic E-state index is 12.7. The van der Waals surface area contributed by atoms with Gasteiger partial charge in [-0.05, 0) is 25.4 Å². The van der Waals surface area contributed by atoms with Gasteiger partial charge < -0.3 is 5.32 Å². The van der Waals surface area contributed by atoms with Gasteiger partial charge in [0.2, 0.25) is 0 Å². The molecular weight excluding hydrogens is 281 g/mol. The first-order valence-electron chi connectivity index (χ1n) is 5.15. The topological polar surface area (TPSA) is 70.7 Å². The van der Waals surface area contributed by atoms with Gasteiger partial charge in [0.05, 0.1) is 16.9 Å². The average Bonchev–Trinajstić information content (AvgIpc) is 2.85. The van der Waals surface area contributed by atoms with Crippen molar-refractivity contribution in [2.45, 2.75) is 20.0 Å². The van der Waals surface area contributed by atoms with Gasteiger partial charge in [0.25, 0.3) is 5.91 Å².